The van der Waals surface area contributed by atoms with Crippen LogP contribution in [0.25, 0.3) is 16.9 Å². The van der Waals surface area contributed by atoms with E-state index in [1.807, 2.05) is 18.4 Å². The largest absolute Gasteiger partial charge is 0.431 e. The fourth-order valence-corrected chi connectivity index (χ4v) is 2.92. The van der Waals surface area contributed by atoms with E-state index < -0.39 is 17.7 Å². The van der Waals surface area contributed by atoms with Crippen LogP contribution in [0.15, 0.2) is 65.6 Å². The van der Waals surface area contributed by atoms with Crippen molar-refractivity contribution < 1.29 is 17.6 Å². The van der Waals surface area contributed by atoms with E-state index in [2.05, 4.69) is 0 Å². The normalized spacial score (nSPS) is 11.7. The van der Waals surface area contributed by atoms with E-state index in [0.29, 0.717) is 11.3 Å². The first-order chi connectivity index (χ1) is 11.4. The first-order valence-corrected chi connectivity index (χ1v) is 8.32. The highest BCUT2D eigenvalue weighted by Crippen LogP contribution is 2.36. The van der Waals surface area contributed by atoms with Crippen LogP contribution in [0.2, 0.25) is 0 Å². The molecule has 1 heterocycles. The Labute approximate surface area is 140 Å². The number of aromatic nitrogens is 1. The Morgan fingerprint density at radius 1 is 0.833 bits per heavy atom. The van der Waals surface area contributed by atoms with Crippen molar-refractivity contribution in [3.8, 4) is 16.9 Å². The number of alkyl halides is 3. The van der Waals surface area contributed by atoms with Gasteiger partial charge in [-0.15, -0.1) is 11.8 Å². The summed E-state index contributed by atoms with van der Waals surface area (Å²) in [6.45, 7) is 0. The van der Waals surface area contributed by atoms with Crippen molar-refractivity contribution in [1.29, 1.82) is 0 Å². The molecule has 124 valence electrons. The second-order valence-corrected chi connectivity index (χ2v) is 6.02. The fraction of sp³-hybridized carbons (Fsp3) is 0.111. The quantitative estimate of drug-likeness (QED) is 0.412. The first-order valence-electron chi connectivity index (χ1n) is 7.09. The average molecular weight is 351 g/mol. The number of benzene rings is 2. The summed E-state index contributed by atoms with van der Waals surface area (Å²) in [6, 6.07) is 14.7. The van der Waals surface area contributed by atoms with Crippen LogP contribution in [0.3, 0.4) is 0 Å². The lowest BCUT2D eigenvalue weighted by Crippen LogP contribution is -2.13. The Hall–Kier alpha value is -2.21. The third-order valence-electron chi connectivity index (χ3n) is 3.64. The Bertz CT molecular complexity index is 833. The molecule has 0 unspecified atom stereocenters. The molecule has 0 aliphatic heterocycles. The monoisotopic (exact) mass is 351 g/mol. The van der Waals surface area contributed by atoms with Gasteiger partial charge in [0.15, 0.2) is 0 Å². The predicted molar refractivity (Wildman–Crippen MR) is 87.9 cm³/mol. The molecule has 0 saturated carbocycles. The zero-order chi connectivity index (χ0) is 17.3. The van der Waals surface area contributed by atoms with E-state index in [9.17, 15) is 17.6 Å². The molecule has 0 aliphatic carbocycles. The molecule has 0 bridgehead atoms. The molecule has 0 spiro atoms. The van der Waals surface area contributed by atoms with E-state index in [4.69, 9.17) is 0 Å². The standard InChI is InChI=1S/C18H13F4NS/c1-24-15-8-2-12(3-9-15)16-10-11-17(18(20,21)22)23(16)14-6-4-13(19)5-7-14/h2-11H,1H3. The number of nitrogens with zero attached hydrogens (tertiary/aromatic N) is 1. The summed E-state index contributed by atoms with van der Waals surface area (Å²) in [6.07, 6.45) is -2.58. The zero-order valence-electron chi connectivity index (χ0n) is 12.6. The summed E-state index contributed by atoms with van der Waals surface area (Å²) < 4.78 is 54.3. The van der Waals surface area contributed by atoms with Crippen LogP contribution in [0.5, 0.6) is 0 Å². The third kappa shape index (κ3) is 3.19. The SMILES string of the molecule is CSc1ccc(-c2ccc(C(F)(F)F)n2-c2ccc(F)cc2)cc1. The minimum Gasteiger partial charge on any atom is -0.305 e. The Morgan fingerprint density at radius 3 is 2.00 bits per heavy atom. The summed E-state index contributed by atoms with van der Waals surface area (Å²) in [7, 11) is 0. The molecule has 0 fully saturated rings. The maximum Gasteiger partial charge on any atom is 0.431 e. The molecule has 6 heteroatoms. The predicted octanol–water partition coefficient (Wildman–Crippen LogP) is 6.02. The molecule has 0 saturated heterocycles. The van der Waals surface area contributed by atoms with E-state index in [0.717, 1.165) is 27.7 Å². The second kappa shape index (κ2) is 6.36. The van der Waals surface area contributed by atoms with Gasteiger partial charge in [-0.05, 0) is 60.4 Å². The van der Waals surface area contributed by atoms with Gasteiger partial charge in [-0.25, -0.2) is 4.39 Å². The summed E-state index contributed by atoms with van der Waals surface area (Å²) >= 11 is 1.56. The van der Waals surface area contributed by atoms with Crippen LogP contribution in [-0.4, -0.2) is 10.8 Å². The minimum absolute atomic E-state index is 0.262. The van der Waals surface area contributed by atoms with Crippen molar-refractivity contribution in [3.05, 3.63) is 72.2 Å². The van der Waals surface area contributed by atoms with Crippen LogP contribution in [-0.2, 0) is 6.18 Å². The van der Waals surface area contributed by atoms with Crippen molar-refractivity contribution in [2.24, 2.45) is 0 Å². The van der Waals surface area contributed by atoms with Gasteiger partial charge in [0, 0.05) is 10.6 Å². The third-order valence-corrected chi connectivity index (χ3v) is 4.39. The molecule has 0 atom stereocenters. The van der Waals surface area contributed by atoms with Crippen molar-refractivity contribution in [1.82, 2.24) is 4.57 Å². The summed E-state index contributed by atoms with van der Waals surface area (Å²) in [5.41, 5.74) is 0.532. The van der Waals surface area contributed by atoms with Gasteiger partial charge >= 0.3 is 6.18 Å². The van der Waals surface area contributed by atoms with Crippen molar-refractivity contribution in [3.63, 3.8) is 0 Å². The Balaban J connectivity index is 2.19. The van der Waals surface area contributed by atoms with Crippen molar-refractivity contribution in [2.45, 2.75) is 11.1 Å². The van der Waals surface area contributed by atoms with Gasteiger partial charge in [-0.1, -0.05) is 12.1 Å². The Morgan fingerprint density at radius 2 is 1.46 bits per heavy atom. The first kappa shape index (κ1) is 16.6. The van der Waals surface area contributed by atoms with Crippen LogP contribution < -0.4 is 0 Å². The average Bonchev–Trinajstić information content (AvgIpc) is 3.01. The Kier molecular flexibility index (Phi) is 4.41. The molecular formula is C18H13F4NS. The van der Waals surface area contributed by atoms with Crippen LogP contribution in [0, 0.1) is 5.82 Å². The lowest BCUT2D eigenvalue weighted by atomic mass is 10.1. The number of hydrogen-bond donors (Lipinski definition) is 0. The smallest absolute Gasteiger partial charge is 0.305 e. The highest BCUT2D eigenvalue weighted by atomic mass is 32.2. The van der Waals surface area contributed by atoms with Crippen molar-refractivity contribution in [2.75, 3.05) is 6.26 Å². The molecule has 0 amide bonds. The molecule has 0 N–H and O–H groups in total. The fourth-order valence-electron chi connectivity index (χ4n) is 2.51. The topological polar surface area (TPSA) is 4.93 Å². The molecule has 0 radical (unpaired) electrons. The van der Waals surface area contributed by atoms with Gasteiger partial charge in [0.1, 0.15) is 11.5 Å². The molecule has 1 nitrogen and oxygen atoms in total. The summed E-state index contributed by atoms with van der Waals surface area (Å²) in [5, 5.41) is 0. The maximum absolute atomic E-state index is 13.4. The van der Waals surface area contributed by atoms with Crippen LogP contribution in [0.4, 0.5) is 17.6 Å². The number of halogens is 4. The van der Waals surface area contributed by atoms with Gasteiger partial charge in [-0.2, -0.15) is 13.2 Å². The van der Waals surface area contributed by atoms with E-state index in [1.165, 1.54) is 18.2 Å². The van der Waals surface area contributed by atoms with Gasteiger partial charge in [0.25, 0.3) is 0 Å². The summed E-state index contributed by atoms with van der Waals surface area (Å²) in [4.78, 5) is 1.02. The number of thioether (sulfide) groups is 1. The number of rotatable bonds is 3. The van der Waals surface area contributed by atoms with Gasteiger partial charge in [0.2, 0.25) is 0 Å². The van der Waals surface area contributed by atoms with E-state index in [-0.39, 0.29) is 5.69 Å². The van der Waals surface area contributed by atoms with E-state index in [1.54, 1.807) is 23.9 Å². The second-order valence-electron chi connectivity index (χ2n) is 5.14. The van der Waals surface area contributed by atoms with Crippen LogP contribution >= 0.6 is 11.8 Å². The van der Waals surface area contributed by atoms with Crippen molar-refractivity contribution >= 4 is 11.8 Å². The lowest BCUT2D eigenvalue weighted by Gasteiger charge is -2.16. The molecule has 2 aromatic carbocycles. The maximum atomic E-state index is 13.4. The molecule has 1 aromatic heterocycles. The number of hydrogen-bond acceptors (Lipinski definition) is 1. The zero-order valence-corrected chi connectivity index (χ0v) is 13.5. The summed E-state index contributed by atoms with van der Waals surface area (Å²) in [5.74, 6) is -0.495. The van der Waals surface area contributed by atoms with E-state index >= 15 is 0 Å². The molecular weight excluding hydrogens is 338 g/mol. The molecule has 3 rings (SSSR count). The molecule has 3 aromatic rings. The lowest BCUT2D eigenvalue weighted by molar-refractivity contribution is -0.142. The van der Waals surface area contributed by atoms with Gasteiger partial charge in [-0.3, -0.25) is 0 Å². The van der Waals surface area contributed by atoms with Gasteiger partial charge in [0.05, 0.1) is 5.69 Å². The molecule has 24 heavy (non-hydrogen) atoms. The highest BCUT2D eigenvalue weighted by Gasteiger charge is 2.35. The highest BCUT2D eigenvalue weighted by molar-refractivity contribution is 7.98. The van der Waals surface area contributed by atoms with Gasteiger partial charge < -0.3 is 4.57 Å². The minimum atomic E-state index is -4.51. The van der Waals surface area contributed by atoms with Crippen LogP contribution in [0.1, 0.15) is 5.69 Å². The molecule has 0 aliphatic rings.